The molecule has 0 aromatic carbocycles. The summed E-state index contributed by atoms with van der Waals surface area (Å²) in [6.45, 7) is 0. The number of carboxylic acids is 1. The van der Waals surface area contributed by atoms with Crippen LogP contribution in [0.4, 0.5) is 0 Å². The van der Waals surface area contributed by atoms with Crippen molar-refractivity contribution in [1.29, 1.82) is 0 Å². The van der Waals surface area contributed by atoms with E-state index in [1.807, 2.05) is 6.26 Å². The second-order valence-corrected chi connectivity index (χ2v) is 2.66. The molecule has 0 spiro atoms. The van der Waals surface area contributed by atoms with Gasteiger partial charge in [-0.1, -0.05) is 6.42 Å². The Morgan fingerprint density at radius 2 is 2.44 bits per heavy atom. The molecule has 54 valence electrons. The van der Waals surface area contributed by atoms with Crippen LogP contribution in [0, 0.1) is 0 Å². The summed E-state index contributed by atoms with van der Waals surface area (Å²) in [4.78, 5) is 10.0. The largest absolute Gasteiger partial charge is 0.665 e. The average Bonchev–Trinajstić information content (AvgIpc) is 1.82. The molecule has 0 fully saturated rings. The minimum Gasteiger partial charge on any atom is -0.665 e. The zero-order valence-corrected chi connectivity index (χ0v) is 6.07. The third kappa shape index (κ3) is 4.29. The highest BCUT2D eigenvalue weighted by Crippen LogP contribution is 2.02. The molecule has 1 unspecified atom stereocenters. The lowest BCUT2D eigenvalue weighted by Crippen LogP contribution is -2.15. The Morgan fingerprint density at radius 1 is 1.89 bits per heavy atom. The van der Waals surface area contributed by atoms with Gasteiger partial charge in [0.2, 0.25) is 0 Å². The molecule has 3 nitrogen and oxygen atoms in total. The molecule has 0 aliphatic heterocycles. The standard InChI is InChI=1S/C5H10NO2S/c1-9-3-2-4(6)5(7)8/h4,6H,2-3H2,1H3,(H,7,8)/q-1. The van der Waals surface area contributed by atoms with Crippen molar-refractivity contribution in [2.75, 3.05) is 12.0 Å². The van der Waals surface area contributed by atoms with Gasteiger partial charge in [-0.25, -0.2) is 0 Å². The van der Waals surface area contributed by atoms with Crippen LogP contribution in [0.15, 0.2) is 0 Å². The molecule has 0 aliphatic carbocycles. The fraction of sp³-hybridized carbons (Fsp3) is 0.800. The maximum Gasteiger partial charge on any atom is 0.285 e. The van der Waals surface area contributed by atoms with Crippen molar-refractivity contribution < 1.29 is 9.90 Å². The highest BCUT2D eigenvalue weighted by molar-refractivity contribution is 7.98. The third-order valence-electron chi connectivity index (χ3n) is 0.909. The van der Waals surface area contributed by atoms with Crippen LogP contribution >= 0.6 is 11.8 Å². The molecule has 0 radical (unpaired) electrons. The van der Waals surface area contributed by atoms with Crippen molar-refractivity contribution in [2.24, 2.45) is 0 Å². The number of aliphatic carboxylic acids is 1. The van der Waals surface area contributed by atoms with Crippen molar-refractivity contribution in [3.63, 3.8) is 0 Å². The molecule has 0 bridgehead atoms. The van der Waals surface area contributed by atoms with Crippen molar-refractivity contribution in [3.8, 4) is 0 Å². The third-order valence-corrected chi connectivity index (χ3v) is 1.55. The summed E-state index contributed by atoms with van der Waals surface area (Å²) in [5.74, 6) is -0.274. The second-order valence-electron chi connectivity index (χ2n) is 1.67. The Bertz CT molecular complexity index is 97.0. The van der Waals surface area contributed by atoms with Gasteiger partial charge >= 0.3 is 0 Å². The van der Waals surface area contributed by atoms with Crippen LogP contribution in [0.2, 0.25) is 0 Å². The first kappa shape index (κ1) is 8.78. The fourth-order valence-corrected chi connectivity index (χ4v) is 0.831. The minimum atomic E-state index is -1.02. The van der Waals surface area contributed by atoms with Gasteiger partial charge in [-0.15, -0.1) is 0 Å². The van der Waals surface area contributed by atoms with E-state index in [1.165, 1.54) is 0 Å². The Balaban J connectivity index is 3.27. The van der Waals surface area contributed by atoms with E-state index in [2.05, 4.69) is 0 Å². The van der Waals surface area contributed by atoms with Gasteiger partial charge in [0.05, 0.1) is 0 Å². The predicted octanol–water partition coefficient (Wildman–Crippen LogP) is 1.24. The molecular weight excluding hydrogens is 138 g/mol. The van der Waals surface area contributed by atoms with Crippen molar-refractivity contribution in [3.05, 3.63) is 5.73 Å². The Hall–Kier alpha value is -0.220. The summed E-state index contributed by atoms with van der Waals surface area (Å²) < 4.78 is 0. The number of thioether (sulfide) groups is 1. The molecule has 0 saturated heterocycles. The van der Waals surface area contributed by atoms with Crippen LogP contribution in [0.25, 0.3) is 5.73 Å². The van der Waals surface area contributed by atoms with E-state index in [0.717, 1.165) is 5.75 Å². The van der Waals surface area contributed by atoms with E-state index in [-0.39, 0.29) is 0 Å². The molecule has 0 aromatic rings. The van der Waals surface area contributed by atoms with Crippen LogP contribution in [0.3, 0.4) is 0 Å². The van der Waals surface area contributed by atoms with Crippen molar-refractivity contribution in [1.82, 2.24) is 0 Å². The van der Waals surface area contributed by atoms with E-state index >= 15 is 0 Å². The summed E-state index contributed by atoms with van der Waals surface area (Å²) in [7, 11) is 0. The first-order valence-electron chi connectivity index (χ1n) is 2.61. The van der Waals surface area contributed by atoms with Crippen molar-refractivity contribution in [2.45, 2.75) is 12.5 Å². The van der Waals surface area contributed by atoms with Crippen molar-refractivity contribution >= 4 is 17.7 Å². The maximum absolute atomic E-state index is 10.0. The summed E-state index contributed by atoms with van der Waals surface area (Å²) in [5.41, 5.74) is 6.92. The van der Waals surface area contributed by atoms with Crippen LogP contribution in [-0.4, -0.2) is 29.1 Å². The van der Waals surface area contributed by atoms with Gasteiger partial charge in [0.25, 0.3) is 5.97 Å². The van der Waals surface area contributed by atoms with E-state index in [4.69, 9.17) is 10.8 Å². The Kier molecular flexibility index (Phi) is 4.53. The number of carbonyl (C=O) groups is 1. The monoisotopic (exact) mass is 148 g/mol. The highest BCUT2D eigenvalue weighted by atomic mass is 32.2. The predicted molar refractivity (Wildman–Crippen MR) is 38.7 cm³/mol. The van der Waals surface area contributed by atoms with E-state index < -0.39 is 12.0 Å². The van der Waals surface area contributed by atoms with Gasteiger partial charge in [0.1, 0.15) is 0 Å². The topological polar surface area (TPSA) is 61.1 Å². The Morgan fingerprint density at radius 3 is 2.78 bits per heavy atom. The molecule has 0 rings (SSSR count). The minimum absolute atomic E-state index is 0.441. The summed E-state index contributed by atoms with van der Waals surface area (Å²) in [6, 6.07) is -0.933. The number of hydrogen-bond donors (Lipinski definition) is 1. The molecule has 0 aromatic heterocycles. The van der Waals surface area contributed by atoms with Gasteiger partial charge in [-0.2, -0.15) is 11.8 Å². The maximum atomic E-state index is 10.0. The van der Waals surface area contributed by atoms with E-state index in [9.17, 15) is 4.79 Å². The van der Waals surface area contributed by atoms with Crippen LogP contribution in [0.1, 0.15) is 6.42 Å². The summed E-state index contributed by atoms with van der Waals surface area (Å²) >= 11 is 1.56. The number of carboxylic acid groups (broad SMARTS) is 1. The molecular formula is C5H10NO2S-. The van der Waals surface area contributed by atoms with Crippen LogP contribution in [-0.2, 0) is 4.79 Å². The second kappa shape index (κ2) is 4.64. The lowest BCUT2D eigenvalue weighted by atomic mass is 10.2. The Labute approximate surface area is 58.6 Å². The molecule has 9 heavy (non-hydrogen) atoms. The summed E-state index contributed by atoms with van der Waals surface area (Å²) in [5, 5.41) is 8.21. The lowest BCUT2D eigenvalue weighted by molar-refractivity contribution is -0.137. The zero-order valence-electron chi connectivity index (χ0n) is 5.26. The average molecular weight is 148 g/mol. The highest BCUT2D eigenvalue weighted by Gasteiger charge is 2.00. The van der Waals surface area contributed by atoms with Gasteiger partial charge in [0, 0.05) is 0 Å². The number of hydrogen-bond acceptors (Lipinski definition) is 2. The number of nitrogens with one attached hydrogen (secondary N) is 1. The quantitative estimate of drug-likeness (QED) is 0.652. The molecule has 1 atom stereocenters. The van der Waals surface area contributed by atoms with Gasteiger partial charge in [0.15, 0.2) is 0 Å². The molecule has 0 saturated carbocycles. The zero-order chi connectivity index (χ0) is 7.28. The van der Waals surface area contributed by atoms with Crippen LogP contribution < -0.4 is 0 Å². The lowest BCUT2D eigenvalue weighted by Gasteiger charge is -2.11. The fourth-order valence-electron chi connectivity index (χ4n) is 0.359. The summed E-state index contributed by atoms with van der Waals surface area (Å²) in [6.07, 6.45) is 2.34. The molecule has 2 N–H and O–H groups in total. The first-order valence-corrected chi connectivity index (χ1v) is 4.00. The smallest absolute Gasteiger partial charge is 0.285 e. The molecule has 0 heterocycles. The molecule has 4 heteroatoms. The van der Waals surface area contributed by atoms with E-state index in [1.54, 1.807) is 11.8 Å². The van der Waals surface area contributed by atoms with Gasteiger partial charge in [-0.3, -0.25) is 4.79 Å². The molecule has 0 aliphatic rings. The SMILES string of the molecule is CSCCC([NH-])C(=O)O. The van der Waals surface area contributed by atoms with Gasteiger partial charge < -0.3 is 10.8 Å². The van der Waals surface area contributed by atoms with Crippen LogP contribution in [0.5, 0.6) is 0 Å². The van der Waals surface area contributed by atoms with Gasteiger partial charge in [-0.05, 0) is 18.1 Å². The van der Waals surface area contributed by atoms with E-state index in [0.29, 0.717) is 6.42 Å². The molecule has 0 amide bonds. The number of rotatable bonds is 4. The normalized spacial score (nSPS) is 13.1. The first-order chi connectivity index (χ1) is 4.18.